The van der Waals surface area contributed by atoms with Crippen LogP contribution in [0.1, 0.15) is 95.5 Å². The van der Waals surface area contributed by atoms with Crippen molar-refractivity contribution in [2.24, 2.45) is 13.0 Å². The van der Waals surface area contributed by atoms with E-state index in [4.69, 9.17) is 16.6 Å². The number of unbranched alkanes of at least 4 members (excludes halogenated alkanes) is 1. The molecule has 17 nitrogen and oxygen atoms in total. The number of amides is 6. The number of carbonyl (C=O) groups excluding carboxylic acids is 6. The number of hydrogen-bond donors (Lipinski definition) is 6. The number of aryl methyl sites for hydroxylation is 1. The van der Waals surface area contributed by atoms with Crippen LogP contribution in [0.15, 0.2) is 17.8 Å². The maximum Gasteiger partial charge on any atom is 0.263 e. The molecule has 3 aromatic rings. The Hall–Kier alpha value is -4.78. The lowest BCUT2D eigenvalue weighted by molar-refractivity contribution is -0.136. The molecule has 1 saturated heterocycles. The Balaban J connectivity index is 0.732. The van der Waals surface area contributed by atoms with E-state index in [1.54, 1.807) is 11.6 Å². The Labute approximate surface area is 338 Å². The Morgan fingerprint density at radius 3 is 2.44 bits per heavy atom. The SMILES string of the molecule is Cn1ncc(-c2nc(N[C@H]3CC[C@H](NCC(=O)NCCCCNCC(=O)NCc4scc5c4C(=O)N(C4CCC(=O)NC4=O)C5=O)CC3)ncc2Cl)c1CC1CC1. The zero-order chi connectivity index (χ0) is 40.1. The summed E-state index contributed by atoms with van der Waals surface area (Å²) in [6.07, 6.45) is 12.3. The Bertz CT molecular complexity index is 2020. The molecule has 6 N–H and O–H groups in total. The van der Waals surface area contributed by atoms with Crippen LogP contribution in [0.25, 0.3) is 11.3 Å². The van der Waals surface area contributed by atoms with Crippen LogP contribution in [0.5, 0.6) is 0 Å². The summed E-state index contributed by atoms with van der Waals surface area (Å²) < 4.78 is 1.92. The second-order valence-electron chi connectivity index (χ2n) is 15.1. The van der Waals surface area contributed by atoms with E-state index in [0.717, 1.165) is 61.1 Å². The highest BCUT2D eigenvalue weighted by Gasteiger charge is 2.46. The van der Waals surface area contributed by atoms with Crippen LogP contribution >= 0.6 is 22.9 Å². The number of nitrogens with zero attached hydrogens (tertiary/aromatic N) is 5. The van der Waals surface area contributed by atoms with E-state index in [0.29, 0.717) is 40.5 Å². The van der Waals surface area contributed by atoms with E-state index in [-0.39, 0.29) is 67.5 Å². The number of piperidine rings is 1. The molecular weight excluding hydrogens is 774 g/mol. The monoisotopic (exact) mass is 821 g/mol. The van der Waals surface area contributed by atoms with Crippen LogP contribution in [0, 0.1) is 5.92 Å². The largest absolute Gasteiger partial charge is 0.355 e. The van der Waals surface area contributed by atoms with E-state index >= 15 is 0 Å². The summed E-state index contributed by atoms with van der Waals surface area (Å²) in [7, 11) is 1.96. The van der Waals surface area contributed by atoms with Gasteiger partial charge in [-0.25, -0.2) is 9.97 Å². The average molecular weight is 822 g/mol. The molecule has 4 aliphatic rings. The zero-order valence-electron chi connectivity index (χ0n) is 31.8. The summed E-state index contributed by atoms with van der Waals surface area (Å²) in [5.41, 5.74) is 3.22. The van der Waals surface area contributed by atoms with Crippen molar-refractivity contribution in [2.45, 2.75) is 95.3 Å². The lowest BCUT2D eigenvalue weighted by atomic mass is 9.91. The molecule has 0 radical (unpaired) electrons. The Morgan fingerprint density at radius 2 is 1.67 bits per heavy atom. The smallest absolute Gasteiger partial charge is 0.263 e. The van der Waals surface area contributed by atoms with Crippen molar-refractivity contribution < 1.29 is 28.8 Å². The second kappa shape index (κ2) is 18.2. The molecule has 5 heterocycles. The number of rotatable bonds is 18. The molecule has 2 saturated carbocycles. The fourth-order valence-corrected chi connectivity index (χ4v) is 8.71. The second-order valence-corrected chi connectivity index (χ2v) is 16.5. The van der Waals surface area contributed by atoms with Crippen LogP contribution in [0.3, 0.4) is 0 Å². The van der Waals surface area contributed by atoms with E-state index in [9.17, 15) is 28.8 Å². The van der Waals surface area contributed by atoms with Gasteiger partial charge in [0.15, 0.2) is 0 Å². The molecule has 2 aliphatic carbocycles. The standard InChI is InChI=1S/C38H48ClN11O6S/c1-49-28(14-21-4-5-21)24(15-45-49)34-26(39)16-44-38(48-34)46-23-8-6-22(7-9-23)42-19-32(53)41-13-3-2-12-40-18-31(52)43-17-29-33-25(20-57-29)36(55)50(37(33)56)27-10-11-30(51)47-35(27)54/h15-16,20-23,27,40,42H,2-14,17-19H2,1H3,(H,41,53)(H,43,52)(H,44,46,48)(H,47,51,54)/t22-,23-,27?. The van der Waals surface area contributed by atoms with Gasteiger partial charge in [-0.2, -0.15) is 5.10 Å². The minimum atomic E-state index is -1.03. The van der Waals surface area contributed by atoms with Crippen molar-refractivity contribution in [3.63, 3.8) is 0 Å². The van der Waals surface area contributed by atoms with Gasteiger partial charge in [0, 0.05) is 53.6 Å². The number of nitrogens with one attached hydrogen (secondary N) is 6. The molecule has 1 atom stereocenters. The third-order valence-corrected chi connectivity index (χ3v) is 12.2. The number of fused-ring (bicyclic) bond motifs is 1. The minimum Gasteiger partial charge on any atom is -0.355 e. The van der Waals surface area contributed by atoms with Crippen LogP contribution < -0.4 is 31.9 Å². The highest BCUT2D eigenvalue weighted by Crippen LogP contribution is 2.37. The van der Waals surface area contributed by atoms with Gasteiger partial charge >= 0.3 is 0 Å². The van der Waals surface area contributed by atoms with E-state index < -0.39 is 29.7 Å². The van der Waals surface area contributed by atoms with Crippen molar-refractivity contribution >= 4 is 64.3 Å². The molecule has 7 rings (SSSR count). The summed E-state index contributed by atoms with van der Waals surface area (Å²) >= 11 is 7.74. The van der Waals surface area contributed by atoms with Gasteiger partial charge in [0.05, 0.1) is 53.9 Å². The molecule has 3 fully saturated rings. The first kappa shape index (κ1) is 40.4. The highest BCUT2D eigenvalue weighted by molar-refractivity contribution is 7.10. The number of imide groups is 2. The summed E-state index contributed by atoms with van der Waals surface area (Å²) in [6.45, 7) is 1.49. The molecule has 304 valence electrons. The fourth-order valence-electron chi connectivity index (χ4n) is 7.57. The van der Waals surface area contributed by atoms with Crippen molar-refractivity contribution in [1.82, 2.24) is 51.2 Å². The van der Waals surface area contributed by atoms with Crippen LogP contribution in [0.2, 0.25) is 5.02 Å². The van der Waals surface area contributed by atoms with E-state index in [1.165, 1.54) is 24.2 Å². The quantitative estimate of drug-likeness (QED) is 0.0803. The average Bonchev–Trinajstić information content (AvgIpc) is 3.72. The number of aromatic nitrogens is 4. The summed E-state index contributed by atoms with van der Waals surface area (Å²) in [5.74, 6) is -1.32. The molecule has 3 aromatic heterocycles. The molecule has 2 aliphatic heterocycles. The van der Waals surface area contributed by atoms with Crippen LogP contribution in [0.4, 0.5) is 5.95 Å². The van der Waals surface area contributed by atoms with Gasteiger partial charge in [0.2, 0.25) is 29.6 Å². The predicted molar refractivity (Wildman–Crippen MR) is 211 cm³/mol. The van der Waals surface area contributed by atoms with E-state index in [1.807, 2.05) is 17.9 Å². The molecule has 19 heteroatoms. The molecule has 6 amide bonds. The molecule has 0 bridgehead atoms. The fraction of sp³-hybridized carbons (Fsp3) is 0.553. The lowest BCUT2D eigenvalue weighted by Gasteiger charge is -2.29. The van der Waals surface area contributed by atoms with Gasteiger partial charge in [0.1, 0.15) is 6.04 Å². The summed E-state index contributed by atoms with van der Waals surface area (Å²) in [6, 6.07) is -0.556. The minimum absolute atomic E-state index is 0.0453. The first-order chi connectivity index (χ1) is 27.5. The topological polar surface area (TPSA) is 221 Å². The van der Waals surface area contributed by atoms with Gasteiger partial charge in [-0.15, -0.1) is 11.3 Å². The van der Waals surface area contributed by atoms with Gasteiger partial charge < -0.3 is 26.6 Å². The highest BCUT2D eigenvalue weighted by atomic mass is 35.5. The number of carbonyl (C=O) groups is 6. The van der Waals surface area contributed by atoms with Crippen molar-refractivity contribution in [2.75, 3.05) is 31.5 Å². The van der Waals surface area contributed by atoms with Crippen molar-refractivity contribution in [3.05, 3.63) is 44.5 Å². The maximum absolute atomic E-state index is 13.1. The number of halogens is 1. The third-order valence-electron chi connectivity index (χ3n) is 11.0. The molecule has 57 heavy (non-hydrogen) atoms. The van der Waals surface area contributed by atoms with Crippen LogP contribution in [-0.4, -0.2) is 104 Å². The molecular formula is C38H48ClN11O6S. The van der Waals surface area contributed by atoms with Crippen LogP contribution in [-0.2, 0) is 39.2 Å². The number of hydrogen-bond acceptors (Lipinski definition) is 13. The van der Waals surface area contributed by atoms with Gasteiger partial charge in [-0.3, -0.25) is 43.7 Å². The maximum atomic E-state index is 13.1. The third kappa shape index (κ3) is 9.85. The zero-order valence-corrected chi connectivity index (χ0v) is 33.4. The Morgan fingerprint density at radius 1 is 0.912 bits per heavy atom. The number of thiophene rings is 1. The Kier molecular flexibility index (Phi) is 12.9. The molecule has 0 aromatic carbocycles. The first-order valence-electron chi connectivity index (χ1n) is 19.7. The first-order valence-corrected chi connectivity index (χ1v) is 20.9. The molecule has 1 unspecified atom stereocenters. The van der Waals surface area contributed by atoms with E-state index in [2.05, 4.69) is 42.0 Å². The van der Waals surface area contributed by atoms with Gasteiger partial charge in [-0.1, -0.05) is 11.6 Å². The normalized spacial score (nSPS) is 20.7. The summed E-state index contributed by atoms with van der Waals surface area (Å²) in [5, 5.41) is 24.4. The predicted octanol–water partition coefficient (Wildman–Crippen LogP) is 2.06. The van der Waals surface area contributed by atoms with Crippen molar-refractivity contribution in [3.8, 4) is 11.3 Å². The van der Waals surface area contributed by atoms with Gasteiger partial charge in [0.25, 0.3) is 11.8 Å². The van der Waals surface area contributed by atoms with Crippen molar-refractivity contribution in [1.29, 1.82) is 0 Å². The molecule has 0 spiro atoms. The number of anilines is 1. The summed E-state index contributed by atoms with van der Waals surface area (Å²) in [4.78, 5) is 85.5. The van der Waals surface area contributed by atoms with Gasteiger partial charge in [-0.05, 0) is 76.7 Å². The lowest BCUT2D eigenvalue weighted by Crippen LogP contribution is -2.54.